The molecule has 2 aromatic rings. The summed E-state index contributed by atoms with van der Waals surface area (Å²) in [5.41, 5.74) is 1.46. The number of nitrogens with zero attached hydrogens (tertiary/aromatic N) is 1. The van der Waals surface area contributed by atoms with Gasteiger partial charge in [0.05, 0.1) is 5.56 Å². The lowest BCUT2D eigenvalue weighted by Crippen LogP contribution is -2.14. The molecule has 0 aliphatic carbocycles. The van der Waals surface area contributed by atoms with E-state index in [0.29, 0.717) is 5.56 Å². The Morgan fingerprint density at radius 2 is 1.68 bits per heavy atom. The van der Waals surface area contributed by atoms with Gasteiger partial charge in [-0.05, 0) is 24.3 Å². The largest absolute Gasteiger partial charge is 0.508 e. The van der Waals surface area contributed by atoms with E-state index in [1.165, 1.54) is 12.1 Å². The van der Waals surface area contributed by atoms with Gasteiger partial charge in [-0.25, -0.2) is 0 Å². The first-order chi connectivity index (χ1) is 9.00. The zero-order valence-corrected chi connectivity index (χ0v) is 10.8. The fraction of sp³-hybridized carbons (Fsp3) is 0.133. The van der Waals surface area contributed by atoms with Crippen molar-refractivity contribution in [2.24, 2.45) is 0 Å². The van der Waals surface area contributed by atoms with Crippen LogP contribution in [0.2, 0.25) is 0 Å². The number of carbonyl (C=O) groups is 1. The predicted octanol–water partition coefficient (Wildman–Crippen LogP) is 2.39. The molecular formula is C15H15NO3. The second-order valence-electron chi connectivity index (χ2n) is 4.44. The highest BCUT2D eigenvalue weighted by Crippen LogP contribution is 2.28. The third-order valence-corrected chi connectivity index (χ3v) is 2.86. The first kappa shape index (κ1) is 13.0. The molecule has 2 rings (SSSR count). The van der Waals surface area contributed by atoms with Gasteiger partial charge in [-0.1, -0.05) is 12.1 Å². The number of hydrogen-bond donors (Lipinski definition) is 2. The number of phenols is 2. The smallest absolute Gasteiger partial charge is 0.198 e. The van der Waals surface area contributed by atoms with Crippen LogP contribution in [-0.4, -0.2) is 30.1 Å². The van der Waals surface area contributed by atoms with Crippen molar-refractivity contribution in [3.8, 4) is 11.5 Å². The number of anilines is 1. The van der Waals surface area contributed by atoms with Crippen LogP contribution in [-0.2, 0) is 0 Å². The van der Waals surface area contributed by atoms with E-state index in [2.05, 4.69) is 0 Å². The van der Waals surface area contributed by atoms with Gasteiger partial charge in [0.2, 0.25) is 0 Å². The van der Waals surface area contributed by atoms with Crippen LogP contribution >= 0.6 is 0 Å². The molecule has 0 saturated heterocycles. The SMILES string of the molecule is CN(C)c1ccccc1C(=O)c1ccc(O)cc1O. The van der Waals surface area contributed by atoms with E-state index in [4.69, 9.17) is 0 Å². The van der Waals surface area contributed by atoms with Crippen LogP contribution in [0.1, 0.15) is 15.9 Å². The van der Waals surface area contributed by atoms with E-state index in [9.17, 15) is 15.0 Å². The fourth-order valence-electron chi connectivity index (χ4n) is 1.91. The number of para-hydroxylation sites is 1. The molecule has 0 spiro atoms. The summed E-state index contributed by atoms with van der Waals surface area (Å²) < 4.78 is 0. The van der Waals surface area contributed by atoms with E-state index in [0.717, 1.165) is 11.8 Å². The van der Waals surface area contributed by atoms with Crippen LogP contribution in [0.3, 0.4) is 0 Å². The molecule has 0 amide bonds. The van der Waals surface area contributed by atoms with Crippen molar-refractivity contribution < 1.29 is 15.0 Å². The molecule has 98 valence electrons. The van der Waals surface area contributed by atoms with Gasteiger partial charge < -0.3 is 15.1 Å². The quantitative estimate of drug-likeness (QED) is 0.829. The number of rotatable bonds is 3. The maximum absolute atomic E-state index is 12.4. The molecule has 4 heteroatoms. The number of benzene rings is 2. The van der Waals surface area contributed by atoms with E-state index in [1.54, 1.807) is 12.1 Å². The Labute approximate surface area is 111 Å². The zero-order chi connectivity index (χ0) is 14.0. The fourth-order valence-corrected chi connectivity index (χ4v) is 1.91. The molecule has 4 nitrogen and oxygen atoms in total. The maximum atomic E-state index is 12.4. The molecule has 19 heavy (non-hydrogen) atoms. The minimum absolute atomic E-state index is 0.0741. The van der Waals surface area contributed by atoms with E-state index < -0.39 is 0 Å². The first-order valence-electron chi connectivity index (χ1n) is 5.83. The number of aromatic hydroxyl groups is 2. The minimum Gasteiger partial charge on any atom is -0.508 e. The molecule has 0 aliphatic heterocycles. The highest BCUT2D eigenvalue weighted by Gasteiger charge is 2.17. The van der Waals surface area contributed by atoms with Crippen molar-refractivity contribution in [1.29, 1.82) is 0 Å². The summed E-state index contributed by atoms with van der Waals surface area (Å²) in [6.45, 7) is 0. The Balaban J connectivity index is 2.50. The van der Waals surface area contributed by atoms with Gasteiger partial charge in [-0.3, -0.25) is 4.79 Å². The summed E-state index contributed by atoms with van der Waals surface area (Å²) in [5, 5.41) is 19.0. The number of hydrogen-bond acceptors (Lipinski definition) is 4. The molecule has 2 N–H and O–H groups in total. The average Bonchev–Trinajstić information content (AvgIpc) is 2.38. The van der Waals surface area contributed by atoms with Crippen molar-refractivity contribution in [3.63, 3.8) is 0 Å². The Bertz CT molecular complexity index is 621. The van der Waals surface area contributed by atoms with Gasteiger partial charge in [-0.15, -0.1) is 0 Å². The summed E-state index contributed by atoms with van der Waals surface area (Å²) in [5.74, 6) is -0.574. The topological polar surface area (TPSA) is 60.8 Å². The van der Waals surface area contributed by atoms with Gasteiger partial charge in [0.25, 0.3) is 0 Å². The molecule has 0 fully saturated rings. The lowest BCUT2D eigenvalue weighted by atomic mass is 10.0. The van der Waals surface area contributed by atoms with Crippen molar-refractivity contribution >= 4 is 11.5 Å². The number of ketones is 1. The van der Waals surface area contributed by atoms with Gasteiger partial charge >= 0.3 is 0 Å². The number of phenolic OH excluding ortho intramolecular Hbond substituents is 2. The third-order valence-electron chi connectivity index (χ3n) is 2.86. The molecule has 0 heterocycles. The van der Waals surface area contributed by atoms with Crippen molar-refractivity contribution in [1.82, 2.24) is 0 Å². The Morgan fingerprint density at radius 1 is 1.00 bits per heavy atom. The lowest BCUT2D eigenvalue weighted by Gasteiger charge is -2.16. The maximum Gasteiger partial charge on any atom is 0.198 e. The normalized spacial score (nSPS) is 10.2. The predicted molar refractivity (Wildman–Crippen MR) is 74.0 cm³/mol. The molecule has 0 aromatic heterocycles. The summed E-state index contributed by atoms with van der Waals surface area (Å²) >= 11 is 0. The minimum atomic E-state index is -0.276. The van der Waals surface area contributed by atoms with Crippen molar-refractivity contribution in [2.75, 3.05) is 19.0 Å². The zero-order valence-electron chi connectivity index (χ0n) is 10.8. The van der Waals surface area contributed by atoms with Crippen molar-refractivity contribution in [3.05, 3.63) is 53.6 Å². The van der Waals surface area contributed by atoms with Gasteiger partial charge in [0.1, 0.15) is 11.5 Å². The van der Waals surface area contributed by atoms with Gasteiger partial charge in [0, 0.05) is 31.4 Å². The van der Waals surface area contributed by atoms with Crippen LogP contribution in [0.4, 0.5) is 5.69 Å². The summed E-state index contributed by atoms with van der Waals surface area (Å²) in [6, 6.07) is 11.1. The van der Waals surface area contributed by atoms with Crippen LogP contribution in [0.25, 0.3) is 0 Å². The van der Waals surface area contributed by atoms with Gasteiger partial charge in [-0.2, -0.15) is 0 Å². The monoisotopic (exact) mass is 257 g/mol. The Hall–Kier alpha value is -2.49. The first-order valence-corrected chi connectivity index (χ1v) is 5.83. The lowest BCUT2D eigenvalue weighted by molar-refractivity contribution is 0.103. The van der Waals surface area contributed by atoms with E-state index in [1.807, 2.05) is 31.1 Å². The summed E-state index contributed by atoms with van der Waals surface area (Å²) in [6.07, 6.45) is 0. The van der Waals surface area contributed by atoms with Gasteiger partial charge in [0.15, 0.2) is 5.78 Å². The van der Waals surface area contributed by atoms with Crippen LogP contribution < -0.4 is 4.90 Å². The summed E-state index contributed by atoms with van der Waals surface area (Å²) in [7, 11) is 3.70. The highest BCUT2D eigenvalue weighted by atomic mass is 16.3. The molecule has 0 atom stereocenters. The third kappa shape index (κ3) is 2.52. The second-order valence-corrected chi connectivity index (χ2v) is 4.44. The second kappa shape index (κ2) is 5.02. The Morgan fingerprint density at radius 3 is 2.32 bits per heavy atom. The molecule has 0 radical (unpaired) electrons. The van der Waals surface area contributed by atoms with Crippen LogP contribution in [0.5, 0.6) is 11.5 Å². The molecule has 0 bridgehead atoms. The average molecular weight is 257 g/mol. The molecule has 0 saturated carbocycles. The standard InChI is InChI=1S/C15H15NO3/c1-16(2)13-6-4-3-5-11(13)15(19)12-8-7-10(17)9-14(12)18/h3-9,17-18H,1-2H3. The molecule has 0 aliphatic rings. The van der Waals surface area contributed by atoms with Crippen LogP contribution in [0.15, 0.2) is 42.5 Å². The highest BCUT2D eigenvalue weighted by molar-refractivity contribution is 6.13. The molecule has 2 aromatic carbocycles. The van der Waals surface area contributed by atoms with Crippen molar-refractivity contribution in [2.45, 2.75) is 0 Å². The van der Waals surface area contributed by atoms with E-state index in [-0.39, 0.29) is 22.8 Å². The van der Waals surface area contributed by atoms with Crippen LogP contribution in [0, 0.1) is 0 Å². The molecular weight excluding hydrogens is 242 g/mol. The Kier molecular flexibility index (Phi) is 3.42. The summed E-state index contributed by atoms with van der Waals surface area (Å²) in [4.78, 5) is 14.3. The number of carbonyl (C=O) groups excluding carboxylic acids is 1. The molecule has 0 unspecified atom stereocenters. The van der Waals surface area contributed by atoms with E-state index >= 15 is 0 Å².